The van der Waals surface area contributed by atoms with Crippen LogP contribution in [0.2, 0.25) is 0 Å². The number of anilines is 1. The molecule has 0 bridgehead atoms. The zero-order valence-electron chi connectivity index (χ0n) is 6.68. The zero-order chi connectivity index (χ0) is 9.26. The molecule has 0 fully saturated rings. The molecule has 66 valence electrons. The Morgan fingerprint density at radius 3 is 2.92 bits per heavy atom. The van der Waals surface area contributed by atoms with Gasteiger partial charge < -0.3 is 5.73 Å². The maximum atomic E-state index is 5.61. The van der Waals surface area contributed by atoms with E-state index in [9.17, 15) is 0 Å². The molecule has 2 rings (SSSR count). The molecule has 4 nitrogen and oxygen atoms in total. The van der Waals surface area contributed by atoms with E-state index in [-0.39, 0.29) is 0 Å². The van der Waals surface area contributed by atoms with E-state index < -0.39 is 0 Å². The van der Waals surface area contributed by atoms with Crippen molar-refractivity contribution >= 4 is 21.6 Å². The first-order chi connectivity index (χ1) is 6.25. The summed E-state index contributed by atoms with van der Waals surface area (Å²) in [6.07, 6.45) is 5.17. The number of rotatable bonds is 1. The molecule has 0 saturated carbocycles. The van der Waals surface area contributed by atoms with Crippen LogP contribution in [0.4, 0.5) is 5.69 Å². The van der Waals surface area contributed by atoms with E-state index in [1.165, 1.54) is 0 Å². The fraction of sp³-hybridized carbons (Fsp3) is 0. The van der Waals surface area contributed by atoms with Crippen LogP contribution in [-0.2, 0) is 0 Å². The molecule has 2 N–H and O–H groups in total. The summed E-state index contributed by atoms with van der Waals surface area (Å²) in [4.78, 5) is 4.12. The van der Waals surface area contributed by atoms with Gasteiger partial charge in [0.15, 0.2) is 5.82 Å². The molecule has 0 aliphatic rings. The number of nitrogen functional groups attached to an aromatic ring is 1. The second kappa shape index (κ2) is 3.18. The molecule has 0 radical (unpaired) electrons. The van der Waals surface area contributed by atoms with Crippen molar-refractivity contribution in [2.75, 3.05) is 5.73 Å². The highest BCUT2D eigenvalue weighted by Gasteiger charge is 1.99. The van der Waals surface area contributed by atoms with Gasteiger partial charge in [-0.05, 0) is 22.0 Å². The third-order valence-electron chi connectivity index (χ3n) is 1.56. The maximum absolute atomic E-state index is 5.61. The van der Waals surface area contributed by atoms with E-state index in [0.717, 1.165) is 4.47 Å². The first-order valence-corrected chi connectivity index (χ1v) is 4.47. The van der Waals surface area contributed by atoms with Crippen LogP contribution in [0.5, 0.6) is 0 Å². The summed E-state index contributed by atoms with van der Waals surface area (Å²) in [5.41, 5.74) is 6.29. The summed E-state index contributed by atoms with van der Waals surface area (Å²) < 4.78 is 2.57. The Balaban J connectivity index is 2.46. The molecule has 2 aromatic rings. The smallest absolute Gasteiger partial charge is 0.155 e. The molecule has 0 atom stereocenters. The van der Waals surface area contributed by atoms with Gasteiger partial charge in [-0.25, -0.2) is 9.67 Å². The monoisotopic (exact) mass is 238 g/mol. The van der Waals surface area contributed by atoms with Crippen LogP contribution < -0.4 is 5.73 Å². The Bertz CT molecular complexity index is 424. The van der Waals surface area contributed by atoms with Gasteiger partial charge in [-0.15, -0.1) is 0 Å². The number of pyridine rings is 1. The Labute approximate surface area is 83.5 Å². The average molecular weight is 239 g/mol. The van der Waals surface area contributed by atoms with Crippen molar-refractivity contribution in [3.8, 4) is 5.82 Å². The number of hydrogen-bond acceptors (Lipinski definition) is 3. The molecule has 0 aromatic carbocycles. The lowest BCUT2D eigenvalue weighted by Crippen LogP contribution is -1.98. The van der Waals surface area contributed by atoms with Crippen LogP contribution in [0.25, 0.3) is 5.82 Å². The first-order valence-electron chi connectivity index (χ1n) is 3.68. The lowest BCUT2D eigenvalue weighted by molar-refractivity contribution is 0.847. The van der Waals surface area contributed by atoms with E-state index in [4.69, 9.17) is 5.73 Å². The van der Waals surface area contributed by atoms with Crippen LogP contribution in [0.1, 0.15) is 0 Å². The van der Waals surface area contributed by atoms with E-state index in [2.05, 4.69) is 26.0 Å². The van der Waals surface area contributed by atoms with Gasteiger partial charge in [0.25, 0.3) is 0 Å². The second-order valence-electron chi connectivity index (χ2n) is 2.55. The van der Waals surface area contributed by atoms with Gasteiger partial charge in [0.2, 0.25) is 0 Å². The van der Waals surface area contributed by atoms with Crippen molar-refractivity contribution in [3.05, 3.63) is 35.2 Å². The lowest BCUT2D eigenvalue weighted by Gasteiger charge is -1.99. The summed E-state index contributed by atoms with van der Waals surface area (Å²) in [7, 11) is 0. The van der Waals surface area contributed by atoms with Crippen LogP contribution in [-0.4, -0.2) is 14.8 Å². The van der Waals surface area contributed by atoms with Crippen molar-refractivity contribution in [1.82, 2.24) is 14.8 Å². The SMILES string of the molecule is Nc1ccnc(-n2cc(Br)cn2)c1. The van der Waals surface area contributed by atoms with Gasteiger partial charge in [-0.2, -0.15) is 5.10 Å². The number of halogens is 1. The average Bonchev–Trinajstić information content (AvgIpc) is 2.52. The third-order valence-corrected chi connectivity index (χ3v) is 1.96. The molecule has 2 heterocycles. The van der Waals surface area contributed by atoms with Crippen LogP contribution in [0, 0.1) is 0 Å². The predicted molar refractivity (Wildman–Crippen MR) is 53.5 cm³/mol. The molecule has 0 amide bonds. The van der Waals surface area contributed by atoms with Crippen molar-refractivity contribution in [2.45, 2.75) is 0 Å². The quantitative estimate of drug-likeness (QED) is 0.822. The number of nitrogens with zero attached hydrogens (tertiary/aromatic N) is 3. The second-order valence-corrected chi connectivity index (χ2v) is 3.47. The van der Waals surface area contributed by atoms with Gasteiger partial charge >= 0.3 is 0 Å². The summed E-state index contributed by atoms with van der Waals surface area (Å²) >= 11 is 3.31. The normalized spacial score (nSPS) is 10.2. The fourth-order valence-electron chi connectivity index (χ4n) is 0.986. The highest BCUT2D eigenvalue weighted by atomic mass is 79.9. The van der Waals surface area contributed by atoms with Gasteiger partial charge in [0, 0.05) is 24.1 Å². The molecular weight excluding hydrogens is 232 g/mol. The molecule has 5 heteroatoms. The van der Waals surface area contributed by atoms with Crippen molar-refractivity contribution < 1.29 is 0 Å². The van der Waals surface area contributed by atoms with Crippen LogP contribution in [0.15, 0.2) is 35.2 Å². The van der Waals surface area contributed by atoms with Gasteiger partial charge in [0.05, 0.1) is 10.7 Å². The summed E-state index contributed by atoms with van der Waals surface area (Å²) in [6.45, 7) is 0. The van der Waals surface area contributed by atoms with Crippen molar-refractivity contribution in [2.24, 2.45) is 0 Å². The summed E-state index contributed by atoms with van der Waals surface area (Å²) in [5, 5.41) is 4.08. The van der Waals surface area contributed by atoms with Gasteiger partial charge in [-0.1, -0.05) is 0 Å². The van der Waals surface area contributed by atoms with Crippen LogP contribution >= 0.6 is 15.9 Å². The Morgan fingerprint density at radius 1 is 1.46 bits per heavy atom. The topological polar surface area (TPSA) is 56.7 Å². The molecule has 0 spiro atoms. The molecular formula is C8H7BrN4. The fourth-order valence-corrected chi connectivity index (χ4v) is 1.27. The highest BCUT2D eigenvalue weighted by Crippen LogP contribution is 2.12. The zero-order valence-corrected chi connectivity index (χ0v) is 8.27. The minimum Gasteiger partial charge on any atom is -0.399 e. The number of hydrogen-bond donors (Lipinski definition) is 1. The van der Waals surface area contributed by atoms with Gasteiger partial charge in [0.1, 0.15) is 0 Å². The molecule has 0 aliphatic heterocycles. The van der Waals surface area contributed by atoms with E-state index >= 15 is 0 Å². The largest absolute Gasteiger partial charge is 0.399 e. The summed E-state index contributed by atoms with van der Waals surface area (Å²) in [6, 6.07) is 3.50. The Kier molecular flexibility index (Phi) is 2.02. The van der Waals surface area contributed by atoms with Crippen molar-refractivity contribution in [1.29, 1.82) is 0 Å². The maximum Gasteiger partial charge on any atom is 0.155 e. The minimum atomic E-state index is 0.677. The first kappa shape index (κ1) is 8.25. The molecule has 0 aliphatic carbocycles. The number of aromatic nitrogens is 3. The third kappa shape index (κ3) is 1.70. The van der Waals surface area contributed by atoms with Gasteiger partial charge in [-0.3, -0.25) is 0 Å². The van der Waals surface area contributed by atoms with E-state index in [0.29, 0.717) is 11.5 Å². The number of nitrogens with two attached hydrogens (primary N) is 1. The Hall–Kier alpha value is -1.36. The minimum absolute atomic E-state index is 0.677. The summed E-state index contributed by atoms with van der Waals surface area (Å²) in [5.74, 6) is 0.714. The molecule has 0 unspecified atom stereocenters. The standard InChI is InChI=1S/C8H7BrN4/c9-6-4-12-13(5-6)8-3-7(10)1-2-11-8/h1-5H,(H2,10,11). The highest BCUT2D eigenvalue weighted by molar-refractivity contribution is 9.10. The molecule has 13 heavy (non-hydrogen) atoms. The molecule has 2 aromatic heterocycles. The lowest BCUT2D eigenvalue weighted by atomic mass is 10.4. The van der Waals surface area contributed by atoms with E-state index in [1.54, 1.807) is 29.2 Å². The predicted octanol–water partition coefficient (Wildman–Crippen LogP) is 1.61. The Morgan fingerprint density at radius 2 is 2.31 bits per heavy atom. The van der Waals surface area contributed by atoms with Crippen LogP contribution in [0.3, 0.4) is 0 Å². The van der Waals surface area contributed by atoms with Crippen molar-refractivity contribution in [3.63, 3.8) is 0 Å². The van der Waals surface area contributed by atoms with E-state index in [1.807, 2.05) is 6.20 Å². The molecule has 0 saturated heterocycles.